The van der Waals surface area contributed by atoms with Crippen molar-refractivity contribution in [1.82, 2.24) is 9.29 Å². The first-order valence-electron chi connectivity index (χ1n) is 6.48. The maximum absolute atomic E-state index is 12.7. The molecule has 0 amide bonds. The first kappa shape index (κ1) is 14.9. The van der Waals surface area contributed by atoms with Crippen LogP contribution in [0.25, 0.3) is 0 Å². The zero-order valence-electron chi connectivity index (χ0n) is 11.5. The molecule has 1 fully saturated rings. The van der Waals surface area contributed by atoms with Crippen molar-refractivity contribution < 1.29 is 13.5 Å². The lowest BCUT2D eigenvalue weighted by Crippen LogP contribution is -2.48. The van der Waals surface area contributed by atoms with Crippen molar-refractivity contribution in [3.63, 3.8) is 0 Å². The van der Waals surface area contributed by atoms with E-state index in [4.69, 9.17) is 0 Å². The molecule has 0 bridgehead atoms. The summed E-state index contributed by atoms with van der Waals surface area (Å²) in [6.45, 7) is 5.66. The van der Waals surface area contributed by atoms with Gasteiger partial charge in [-0.25, -0.2) is 13.4 Å². The maximum Gasteiger partial charge on any atom is 0.254 e. The zero-order chi connectivity index (χ0) is 14.2. The van der Waals surface area contributed by atoms with Gasteiger partial charge in [0.25, 0.3) is 10.0 Å². The Bertz CT molecular complexity index is 551. The van der Waals surface area contributed by atoms with Gasteiger partial charge in [0.05, 0.1) is 22.8 Å². The number of rotatable bonds is 3. The number of piperidine rings is 1. The van der Waals surface area contributed by atoms with Crippen LogP contribution in [-0.4, -0.2) is 41.5 Å². The molecule has 1 aliphatic heterocycles. The fourth-order valence-corrected chi connectivity index (χ4v) is 5.92. The Kier molecular flexibility index (Phi) is 4.29. The topological polar surface area (TPSA) is 70.5 Å². The predicted molar refractivity (Wildman–Crippen MR) is 74.8 cm³/mol. The van der Waals surface area contributed by atoms with Crippen LogP contribution in [0.15, 0.2) is 4.21 Å². The van der Waals surface area contributed by atoms with Crippen LogP contribution in [0.3, 0.4) is 0 Å². The van der Waals surface area contributed by atoms with E-state index in [0.717, 1.165) is 17.8 Å². The molecule has 19 heavy (non-hydrogen) atoms. The molecule has 7 heteroatoms. The van der Waals surface area contributed by atoms with Gasteiger partial charge in [0.1, 0.15) is 0 Å². The van der Waals surface area contributed by atoms with E-state index in [1.807, 2.05) is 0 Å². The summed E-state index contributed by atoms with van der Waals surface area (Å²) in [5, 5.41) is 10.6. The molecular weight excluding hydrogens is 284 g/mol. The first-order chi connectivity index (χ1) is 8.84. The van der Waals surface area contributed by atoms with Crippen LogP contribution in [-0.2, 0) is 10.0 Å². The number of sulfonamides is 1. The number of hydrogen-bond donors (Lipinski definition) is 1. The summed E-state index contributed by atoms with van der Waals surface area (Å²) in [5.41, 5.74) is 0.553. The van der Waals surface area contributed by atoms with Gasteiger partial charge in [-0.05, 0) is 33.6 Å². The van der Waals surface area contributed by atoms with E-state index in [0.29, 0.717) is 22.9 Å². The average Bonchev–Trinajstić information content (AvgIpc) is 2.69. The normalized spacial score (nSPS) is 23.5. The first-order valence-corrected chi connectivity index (χ1v) is 8.73. The van der Waals surface area contributed by atoms with Crippen molar-refractivity contribution in [3.05, 3.63) is 10.7 Å². The quantitative estimate of drug-likeness (QED) is 0.922. The third-order valence-electron chi connectivity index (χ3n) is 3.46. The van der Waals surface area contributed by atoms with E-state index in [2.05, 4.69) is 4.98 Å². The Morgan fingerprint density at radius 3 is 2.63 bits per heavy atom. The van der Waals surface area contributed by atoms with Gasteiger partial charge in [-0.15, -0.1) is 11.3 Å². The van der Waals surface area contributed by atoms with E-state index >= 15 is 0 Å². The number of aryl methyl sites for hydroxylation is 2. The van der Waals surface area contributed by atoms with Gasteiger partial charge >= 0.3 is 0 Å². The molecule has 2 unspecified atom stereocenters. The van der Waals surface area contributed by atoms with Crippen molar-refractivity contribution in [2.45, 2.75) is 56.4 Å². The van der Waals surface area contributed by atoms with Crippen molar-refractivity contribution in [2.75, 3.05) is 6.54 Å². The lowest BCUT2D eigenvalue weighted by atomic mass is 10.0. The minimum atomic E-state index is -3.54. The molecule has 0 aromatic carbocycles. The predicted octanol–water partition coefficient (Wildman–Crippen LogP) is 1.68. The molecule has 1 aromatic rings. The van der Waals surface area contributed by atoms with Gasteiger partial charge in [0, 0.05) is 6.54 Å². The van der Waals surface area contributed by atoms with Crippen LogP contribution in [0.1, 0.15) is 36.9 Å². The number of aliphatic hydroxyl groups excluding tert-OH is 1. The summed E-state index contributed by atoms with van der Waals surface area (Å²) < 4.78 is 27.2. The monoisotopic (exact) mass is 304 g/mol. The summed E-state index contributed by atoms with van der Waals surface area (Å²) in [4.78, 5) is 4.19. The van der Waals surface area contributed by atoms with E-state index in [1.54, 1.807) is 20.8 Å². The van der Waals surface area contributed by atoms with Crippen molar-refractivity contribution in [2.24, 2.45) is 0 Å². The van der Waals surface area contributed by atoms with Gasteiger partial charge in [-0.3, -0.25) is 0 Å². The Balaban J connectivity index is 2.40. The molecular formula is C12H20N2O3S2. The molecule has 5 nitrogen and oxygen atoms in total. The molecule has 2 heterocycles. The molecule has 0 aliphatic carbocycles. The highest BCUT2D eigenvalue weighted by Crippen LogP contribution is 2.31. The molecule has 2 atom stereocenters. The molecule has 108 valence electrons. The minimum absolute atomic E-state index is 0.317. The van der Waals surface area contributed by atoms with Crippen LogP contribution < -0.4 is 0 Å². The molecule has 0 spiro atoms. The summed E-state index contributed by atoms with van der Waals surface area (Å²) >= 11 is 1.21. The lowest BCUT2D eigenvalue weighted by molar-refractivity contribution is 0.0832. The van der Waals surface area contributed by atoms with Crippen molar-refractivity contribution >= 4 is 21.4 Å². The maximum atomic E-state index is 12.7. The molecule has 0 radical (unpaired) electrons. The second kappa shape index (κ2) is 5.47. The highest BCUT2D eigenvalue weighted by molar-refractivity contribution is 7.91. The van der Waals surface area contributed by atoms with Crippen molar-refractivity contribution in [3.8, 4) is 0 Å². The molecule has 1 saturated heterocycles. The molecule has 0 saturated carbocycles. The van der Waals surface area contributed by atoms with E-state index in [-0.39, 0.29) is 6.04 Å². The molecule has 1 aromatic heterocycles. The van der Waals surface area contributed by atoms with Crippen LogP contribution >= 0.6 is 11.3 Å². The fourth-order valence-electron chi connectivity index (χ4n) is 2.57. The van der Waals surface area contributed by atoms with E-state index in [1.165, 1.54) is 15.6 Å². The fraction of sp³-hybridized carbons (Fsp3) is 0.750. The average molecular weight is 304 g/mol. The summed E-state index contributed by atoms with van der Waals surface area (Å²) in [6, 6.07) is -0.319. The van der Waals surface area contributed by atoms with Crippen LogP contribution in [0.2, 0.25) is 0 Å². The Labute approximate surface area is 118 Å². The second-order valence-corrected chi connectivity index (χ2v) is 8.31. The SMILES string of the molecule is Cc1nc(C)c(S(=O)(=O)N2CCCCC2C(C)O)s1. The number of aliphatic hydroxyl groups is 1. The summed E-state index contributed by atoms with van der Waals surface area (Å²) in [6.07, 6.45) is 1.87. The highest BCUT2D eigenvalue weighted by atomic mass is 32.2. The smallest absolute Gasteiger partial charge is 0.254 e. The van der Waals surface area contributed by atoms with Crippen LogP contribution in [0, 0.1) is 13.8 Å². The van der Waals surface area contributed by atoms with Gasteiger partial charge in [-0.1, -0.05) is 6.42 Å². The molecule has 1 aliphatic rings. The number of aromatic nitrogens is 1. The Morgan fingerprint density at radius 1 is 1.42 bits per heavy atom. The van der Waals surface area contributed by atoms with Gasteiger partial charge in [0.2, 0.25) is 0 Å². The highest BCUT2D eigenvalue weighted by Gasteiger charge is 2.37. The summed E-state index contributed by atoms with van der Waals surface area (Å²) in [7, 11) is -3.54. The second-order valence-electron chi connectivity index (χ2n) is 5.03. The molecule has 2 rings (SSSR count). The Hall–Kier alpha value is -0.500. The van der Waals surface area contributed by atoms with Crippen molar-refractivity contribution in [1.29, 1.82) is 0 Å². The number of thiazole rings is 1. The van der Waals surface area contributed by atoms with Crippen LogP contribution in [0.5, 0.6) is 0 Å². The lowest BCUT2D eigenvalue weighted by Gasteiger charge is -2.36. The third-order valence-corrected chi connectivity index (χ3v) is 7.04. The minimum Gasteiger partial charge on any atom is -0.392 e. The zero-order valence-corrected chi connectivity index (χ0v) is 13.1. The standard InChI is InChI=1S/C12H20N2O3S2/c1-8-12(18-10(3)13-8)19(16,17)14-7-5-4-6-11(14)9(2)15/h9,11,15H,4-7H2,1-3H3. The third kappa shape index (κ3) is 2.84. The Morgan fingerprint density at radius 2 is 2.11 bits per heavy atom. The van der Waals surface area contributed by atoms with E-state index < -0.39 is 16.1 Å². The van der Waals surface area contributed by atoms with E-state index in [9.17, 15) is 13.5 Å². The number of nitrogens with zero attached hydrogens (tertiary/aromatic N) is 2. The molecule has 1 N–H and O–H groups in total. The van der Waals surface area contributed by atoms with Crippen LogP contribution in [0.4, 0.5) is 0 Å². The number of hydrogen-bond acceptors (Lipinski definition) is 5. The van der Waals surface area contributed by atoms with Gasteiger partial charge in [-0.2, -0.15) is 4.31 Å². The summed E-state index contributed by atoms with van der Waals surface area (Å²) in [5.74, 6) is 0. The van der Waals surface area contributed by atoms with Gasteiger partial charge < -0.3 is 5.11 Å². The van der Waals surface area contributed by atoms with Gasteiger partial charge in [0.15, 0.2) is 4.21 Å². The largest absolute Gasteiger partial charge is 0.392 e.